The standard InChI is InChI=1S/C70H137NO3/c1-3-5-7-9-11-13-15-17-19-21-23-25-27-29-31-33-34-35-36-38-40-42-44-46-48-50-52-54-56-58-60-62-64-66-70(74)71-68(67-72)69(73)65-63-61-59-57-55-53-51-49-47-45-43-41-39-37-32-30-28-26-24-22-20-18-16-14-12-10-8-6-4-2/h21,23,63,65,68-69,72-73H,3-20,22,24-62,64,66-67H2,1-2H3,(H,71,74)/b23-21-,65-63+. The molecule has 0 heterocycles. The number of hydrogen-bond donors (Lipinski definition) is 3. The first-order chi connectivity index (χ1) is 36.7. The van der Waals surface area contributed by atoms with Crippen LogP contribution in [0, 0.1) is 0 Å². The molecule has 1 amide bonds. The number of rotatable bonds is 65. The van der Waals surface area contributed by atoms with E-state index in [0.29, 0.717) is 6.42 Å². The molecule has 3 N–H and O–H groups in total. The zero-order valence-electron chi connectivity index (χ0n) is 50.9. The average molecular weight is 1040 g/mol. The summed E-state index contributed by atoms with van der Waals surface area (Å²) in [5.74, 6) is -0.0545. The summed E-state index contributed by atoms with van der Waals surface area (Å²) in [5, 5.41) is 23.3. The minimum absolute atomic E-state index is 0.0545. The lowest BCUT2D eigenvalue weighted by atomic mass is 10.0. The molecule has 74 heavy (non-hydrogen) atoms. The van der Waals surface area contributed by atoms with Crippen LogP contribution in [0.15, 0.2) is 24.3 Å². The van der Waals surface area contributed by atoms with Crippen molar-refractivity contribution in [3.05, 3.63) is 24.3 Å². The Kier molecular flexibility index (Phi) is 65.1. The smallest absolute Gasteiger partial charge is 0.220 e. The van der Waals surface area contributed by atoms with Crippen molar-refractivity contribution >= 4 is 5.91 Å². The second kappa shape index (κ2) is 66.2. The quantitative estimate of drug-likeness (QED) is 0.0420. The molecule has 0 aliphatic rings. The van der Waals surface area contributed by atoms with E-state index in [0.717, 1.165) is 25.7 Å². The van der Waals surface area contributed by atoms with Gasteiger partial charge in [0.15, 0.2) is 0 Å². The zero-order chi connectivity index (χ0) is 53.4. The summed E-state index contributed by atoms with van der Waals surface area (Å²) in [6.07, 6.45) is 89.8. The van der Waals surface area contributed by atoms with E-state index in [1.165, 1.54) is 353 Å². The number of hydrogen-bond acceptors (Lipinski definition) is 3. The number of unbranched alkanes of at least 4 members (excludes halogenated alkanes) is 56. The van der Waals surface area contributed by atoms with Gasteiger partial charge in [0.25, 0.3) is 0 Å². The summed E-state index contributed by atoms with van der Waals surface area (Å²) in [7, 11) is 0. The van der Waals surface area contributed by atoms with Crippen molar-refractivity contribution in [3.8, 4) is 0 Å². The molecule has 0 bridgehead atoms. The summed E-state index contributed by atoms with van der Waals surface area (Å²) in [5.41, 5.74) is 0. The third kappa shape index (κ3) is 61.7. The predicted molar refractivity (Wildman–Crippen MR) is 332 cm³/mol. The molecule has 2 unspecified atom stereocenters. The van der Waals surface area contributed by atoms with Crippen LogP contribution in [0.4, 0.5) is 0 Å². The van der Waals surface area contributed by atoms with Crippen molar-refractivity contribution in [2.75, 3.05) is 6.61 Å². The second-order valence-corrected chi connectivity index (χ2v) is 24.0. The number of carbonyl (C=O) groups is 1. The zero-order valence-corrected chi connectivity index (χ0v) is 50.9. The van der Waals surface area contributed by atoms with E-state index in [9.17, 15) is 15.0 Å². The van der Waals surface area contributed by atoms with Crippen molar-refractivity contribution in [3.63, 3.8) is 0 Å². The summed E-state index contributed by atoms with van der Waals surface area (Å²) in [6.45, 7) is 4.36. The summed E-state index contributed by atoms with van der Waals surface area (Å²) in [6, 6.07) is -0.621. The molecule has 440 valence electrons. The minimum atomic E-state index is -0.838. The van der Waals surface area contributed by atoms with E-state index in [1.54, 1.807) is 6.08 Å². The van der Waals surface area contributed by atoms with Crippen molar-refractivity contribution in [2.24, 2.45) is 0 Å². The first-order valence-corrected chi connectivity index (χ1v) is 34.6. The van der Waals surface area contributed by atoms with Gasteiger partial charge >= 0.3 is 0 Å². The number of amides is 1. The predicted octanol–water partition coefficient (Wildman–Crippen LogP) is 23.4. The Labute approximate surface area is 466 Å². The molecule has 0 fully saturated rings. The molecule has 0 aliphatic carbocycles. The lowest BCUT2D eigenvalue weighted by Crippen LogP contribution is -2.45. The molecule has 0 saturated carbocycles. The van der Waals surface area contributed by atoms with Crippen molar-refractivity contribution < 1.29 is 15.0 Å². The molecule has 0 aliphatic heterocycles. The molecule has 4 nitrogen and oxygen atoms in total. The fourth-order valence-electron chi connectivity index (χ4n) is 11.2. The Morgan fingerprint density at radius 3 is 0.743 bits per heavy atom. The molecule has 0 aromatic heterocycles. The highest BCUT2D eigenvalue weighted by molar-refractivity contribution is 5.76. The maximum absolute atomic E-state index is 12.5. The van der Waals surface area contributed by atoms with Crippen LogP contribution < -0.4 is 5.32 Å². The van der Waals surface area contributed by atoms with Crippen molar-refractivity contribution in [1.82, 2.24) is 5.32 Å². The maximum Gasteiger partial charge on any atom is 0.220 e. The normalized spacial score (nSPS) is 12.8. The highest BCUT2D eigenvalue weighted by Crippen LogP contribution is 2.19. The number of nitrogens with one attached hydrogen (secondary N) is 1. The molecule has 0 aromatic rings. The van der Waals surface area contributed by atoms with E-state index in [1.807, 2.05) is 6.08 Å². The molecule has 0 spiro atoms. The fourth-order valence-corrected chi connectivity index (χ4v) is 11.2. The van der Waals surface area contributed by atoms with E-state index in [-0.39, 0.29) is 12.5 Å². The third-order valence-corrected chi connectivity index (χ3v) is 16.4. The van der Waals surface area contributed by atoms with Crippen LogP contribution in [-0.2, 0) is 4.79 Å². The van der Waals surface area contributed by atoms with Gasteiger partial charge in [-0.05, 0) is 44.9 Å². The van der Waals surface area contributed by atoms with E-state index < -0.39 is 12.1 Å². The average Bonchev–Trinajstić information content (AvgIpc) is 3.40. The topological polar surface area (TPSA) is 69.6 Å². The fraction of sp³-hybridized carbons (Fsp3) is 0.929. The molecular weight excluding hydrogens is 903 g/mol. The van der Waals surface area contributed by atoms with E-state index in [4.69, 9.17) is 0 Å². The van der Waals surface area contributed by atoms with Gasteiger partial charge in [-0.25, -0.2) is 0 Å². The SMILES string of the molecule is CCCCCCCCCC/C=C\CCCCCCCCCCCCCCCCCCCCCCCC(=O)NC(CO)C(O)/C=C/CCCCCCCCCCCCCCCCCCCCCCCCCCCCC. The molecule has 0 aromatic carbocycles. The highest BCUT2D eigenvalue weighted by atomic mass is 16.3. The monoisotopic (exact) mass is 1040 g/mol. The first kappa shape index (κ1) is 72.9. The van der Waals surface area contributed by atoms with Crippen LogP contribution >= 0.6 is 0 Å². The van der Waals surface area contributed by atoms with Crippen LogP contribution in [0.25, 0.3) is 0 Å². The maximum atomic E-state index is 12.5. The lowest BCUT2D eigenvalue weighted by molar-refractivity contribution is -0.123. The van der Waals surface area contributed by atoms with Gasteiger partial charge in [-0.15, -0.1) is 0 Å². The van der Waals surface area contributed by atoms with Gasteiger partial charge in [0.05, 0.1) is 18.8 Å². The van der Waals surface area contributed by atoms with Gasteiger partial charge in [-0.3, -0.25) is 4.79 Å². The Bertz CT molecular complexity index is 1090. The number of aliphatic hydroxyl groups is 2. The van der Waals surface area contributed by atoms with Crippen molar-refractivity contribution in [1.29, 1.82) is 0 Å². The summed E-state index contributed by atoms with van der Waals surface area (Å²) < 4.78 is 0. The highest BCUT2D eigenvalue weighted by Gasteiger charge is 2.18. The van der Waals surface area contributed by atoms with Gasteiger partial charge in [-0.2, -0.15) is 0 Å². The number of carbonyl (C=O) groups excluding carboxylic acids is 1. The Hall–Kier alpha value is -1.13. The molecule has 2 atom stereocenters. The van der Waals surface area contributed by atoms with Gasteiger partial charge in [-0.1, -0.05) is 372 Å². The van der Waals surface area contributed by atoms with Crippen LogP contribution in [0.5, 0.6) is 0 Å². The van der Waals surface area contributed by atoms with Gasteiger partial charge < -0.3 is 15.5 Å². The molecule has 0 rings (SSSR count). The van der Waals surface area contributed by atoms with Crippen LogP contribution in [-0.4, -0.2) is 34.9 Å². The minimum Gasteiger partial charge on any atom is -0.394 e. The number of aliphatic hydroxyl groups excluding tert-OH is 2. The largest absolute Gasteiger partial charge is 0.394 e. The second-order valence-electron chi connectivity index (χ2n) is 24.0. The van der Waals surface area contributed by atoms with Crippen molar-refractivity contribution in [2.45, 2.75) is 411 Å². The Morgan fingerprint density at radius 1 is 0.311 bits per heavy atom. The van der Waals surface area contributed by atoms with Crippen LogP contribution in [0.3, 0.4) is 0 Å². The lowest BCUT2D eigenvalue weighted by Gasteiger charge is -2.20. The molecular formula is C70H137NO3. The molecule has 0 saturated heterocycles. The summed E-state index contributed by atoms with van der Waals surface area (Å²) in [4.78, 5) is 12.5. The van der Waals surface area contributed by atoms with E-state index in [2.05, 4.69) is 31.3 Å². The van der Waals surface area contributed by atoms with E-state index >= 15 is 0 Å². The first-order valence-electron chi connectivity index (χ1n) is 34.6. The molecule has 4 heteroatoms. The third-order valence-electron chi connectivity index (χ3n) is 16.4. The van der Waals surface area contributed by atoms with Crippen LogP contribution in [0.2, 0.25) is 0 Å². The summed E-state index contributed by atoms with van der Waals surface area (Å²) >= 11 is 0. The van der Waals surface area contributed by atoms with Gasteiger partial charge in [0.2, 0.25) is 5.91 Å². The van der Waals surface area contributed by atoms with Gasteiger partial charge in [0.1, 0.15) is 0 Å². The number of allylic oxidation sites excluding steroid dienone is 3. The Morgan fingerprint density at radius 2 is 0.514 bits per heavy atom. The van der Waals surface area contributed by atoms with Gasteiger partial charge in [0, 0.05) is 6.42 Å². The van der Waals surface area contributed by atoms with Crippen LogP contribution in [0.1, 0.15) is 399 Å². The Balaban J connectivity index is 3.41. The molecule has 0 radical (unpaired) electrons.